The van der Waals surface area contributed by atoms with Crippen molar-refractivity contribution in [2.24, 2.45) is 0 Å². The van der Waals surface area contributed by atoms with Gasteiger partial charge in [0.05, 0.1) is 16.6 Å². The molecule has 2 aromatic rings. The van der Waals surface area contributed by atoms with Gasteiger partial charge in [-0.15, -0.1) is 0 Å². The second-order valence-electron chi connectivity index (χ2n) is 5.06. The Morgan fingerprint density at radius 1 is 1.29 bits per heavy atom. The molecule has 0 aliphatic carbocycles. The van der Waals surface area contributed by atoms with Crippen molar-refractivity contribution < 1.29 is 4.79 Å². The van der Waals surface area contributed by atoms with E-state index in [1.54, 1.807) is 24.5 Å². The Kier molecular flexibility index (Phi) is 4.27. The van der Waals surface area contributed by atoms with Crippen molar-refractivity contribution in [3.63, 3.8) is 0 Å². The molecule has 1 aromatic carbocycles. The molecule has 1 aliphatic rings. The van der Waals surface area contributed by atoms with Gasteiger partial charge in [0, 0.05) is 23.4 Å². The predicted octanol–water partition coefficient (Wildman–Crippen LogP) is 4.47. The molecule has 1 atom stereocenters. The maximum atomic E-state index is 12.8. The van der Waals surface area contributed by atoms with Gasteiger partial charge >= 0.3 is 0 Å². The van der Waals surface area contributed by atoms with E-state index in [0.29, 0.717) is 10.6 Å². The molecular weight excluding hydrogens is 352 g/mol. The molecule has 1 aromatic heterocycles. The predicted molar refractivity (Wildman–Crippen MR) is 86.4 cm³/mol. The standard InChI is InChI=1S/C16H14BrClN2O/c17-12-3-4-14(18)13(10-12)16(21)20-9-1-2-15(20)11-5-7-19-8-6-11/h3-8,10,15H,1-2,9H2/t15-/m0/s1. The molecule has 1 fully saturated rings. The van der Waals surface area contributed by atoms with E-state index in [2.05, 4.69) is 20.9 Å². The van der Waals surface area contributed by atoms with Gasteiger partial charge < -0.3 is 4.90 Å². The zero-order valence-corrected chi connectivity index (χ0v) is 13.6. The molecule has 3 rings (SSSR count). The van der Waals surface area contributed by atoms with Crippen molar-refractivity contribution in [3.8, 4) is 0 Å². The lowest BCUT2D eigenvalue weighted by Crippen LogP contribution is -2.30. The fourth-order valence-corrected chi connectivity index (χ4v) is 3.32. The highest BCUT2D eigenvalue weighted by molar-refractivity contribution is 9.10. The summed E-state index contributed by atoms with van der Waals surface area (Å²) in [4.78, 5) is 18.8. The van der Waals surface area contributed by atoms with Crippen molar-refractivity contribution in [1.29, 1.82) is 0 Å². The Labute approximate surface area is 137 Å². The summed E-state index contributed by atoms with van der Waals surface area (Å²) in [5.41, 5.74) is 1.67. The number of hydrogen-bond donors (Lipinski definition) is 0. The van der Waals surface area contributed by atoms with Crippen molar-refractivity contribution in [2.75, 3.05) is 6.54 Å². The minimum Gasteiger partial charge on any atom is -0.332 e. The molecule has 0 saturated carbocycles. The van der Waals surface area contributed by atoms with Crippen LogP contribution in [-0.4, -0.2) is 22.3 Å². The maximum absolute atomic E-state index is 12.8. The van der Waals surface area contributed by atoms with Crippen LogP contribution in [-0.2, 0) is 0 Å². The molecule has 5 heteroatoms. The normalized spacial score (nSPS) is 18.0. The first-order valence-electron chi connectivity index (χ1n) is 6.83. The number of carbonyl (C=O) groups is 1. The van der Waals surface area contributed by atoms with Crippen molar-refractivity contribution >= 4 is 33.4 Å². The Bertz CT molecular complexity index is 663. The van der Waals surface area contributed by atoms with Crippen LogP contribution in [0.3, 0.4) is 0 Å². The number of halogens is 2. The van der Waals surface area contributed by atoms with E-state index in [9.17, 15) is 4.79 Å². The molecule has 21 heavy (non-hydrogen) atoms. The van der Waals surface area contributed by atoms with E-state index in [1.807, 2.05) is 23.1 Å². The fourth-order valence-electron chi connectivity index (χ4n) is 2.76. The van der Waals surface area contributed by atoms with Crippen LogP contribution in [0.1, 0.15) is 34.8 Å². The van der Waals surface area contributed by atoms with E-state index in [1.165, 1.54) is 0 Å². The highest BCUT2D eigenvalue weighted by Gasteiger charge is 2.31. The third-order valence-electron chi connectivity index (χ3n) is 3.76. The van der Waals surface area contributed by atoms with Crippen LogP contribution in [0.4, 0.5) is 0 Å². The molecule has 2 heterocycles. The minimum absolute atomic E-state index is 0.0133. The largest absolute Gasteiger partial charge is 0.332 e. The maximum Gasteiger partial charge on any atom is 0.255 e. The highest BCUT2D eigenvalue weighted by atomic mass is 79.9. The summed E-state index contributed by atoms with van der Waals surface area (Å²) in [6, 6.07) is 9.42. The van der Waals surface area contributed by atoms with Gasteiger partial charge in [-0.2, -0.15) is 0 Å². The lowest BCUT2D eigenvalue weighted by atomic mass is 10.1. The number of carbonyl (C=O) groups excluding carboxylic acids is 1. The number of benzene rings is 1. The quantitative estimate of drug-likeness (QED) is 0.786. The number of aromatic nitrogens is 1. The van der Waals surface area contributed by atoms with Crippen LogP contribution in [0.5, 0.6) is 0 Å². The van der Waals surface area contributed by atoms with Gasteiger partial charge in [-0.3, -0.25) is 9.78 Å². The summed E-state index contributed by atoms with van der Waals surface area (Å²) in [7, 11) is 0. The molecule has 1 amide bonds. The zero-order valence-electron chi connectivity index (χ0n) is 11.3. The molecule has 0 bridgehead atoms. The molecule has 0 unspecified atom stereocenters. The van der Waals surface area contributed by atoms with Crippen LogP contribution in [0.15, 0.2) is 47.2 Å². The van der Waals surface area contributed by atoms with Gasteiger partial charge in [-0.1, -0.05) is 27.5 Å². The minimum atomic E-state index is -0.0133. The summed E-state index contributed by atoms with van der Waals surface area (Å²) in [5, 5.41) is 0.489. The first kappa shape index (κ1) is 14.5. The second kappa shape index (κ2) is 6.16. The first-order chi connectivity index (χ1) is 10.2. The fraction of sp³-hybridized carbons (Fsp3) is 0.250. The summed E-state index contributed by atoms with van der Waals surface area (Å²) in [6.07, 6.45) is 5.51. The average Bonchev–Trinajstić information content (AvgIpc) is 2.99. The van der Waals surface area contributed by atoms with E-state index in [4.69, 9.17) is 11.6 Å². The number of amides is 1. The van der Waals surface area contributed by atoms with Gasteiger partial charge in [0.2, 0.25) is 0 Å². The zero-order chi connectivity index (χ0) is 14.8. The van der Waals surface area contributed by atoms with Gasteiger partial charge in [0.15, 0.2) is 0 Å². The van der Waals surface area contributed by atoms with E-state index in [-0.39, 0.29) is 11.9 Å². The van der Waals surface area contributed by atoms with E-state index < -0.39 is 0 Å². The van der Waals surface area contributed by atoms with Crippen LogP contribution < -0.4 is 0 Å². The SMILES string of the molecule is O=C(c1cc(Br)ccc1Cl)N1CCC[C@H]1c1ccncc1. The lowest BCUT2D eigenvalue weighted by molar-refractivity contribution is 0.0735. The van der Waals surface area contributed by atoms with Crippen LogP contribution in [0.2, 0.25) is 5.02 Å². The topological polar surface area (TPSA) is 33.2 Å². The number of hydrogen-bond acceptors (Lipinski definition) is 2. The molecule has 0 N–H and O–H groups in total. The number of likely N-dealkylation sites (tertiary alicyclic amines) is 1. The summed E-state index contributed by atoms with van der Waals surface area (Å²) < 4.78 is 0.856. The molecule has 0 radical (unpaired) electrons. The van der Waals surface area contributed by atoms with Gasteiger partial charge in [0.25, 0.3) is 5.91 Å². The number of pyridine rings is 1. The Morgan fingerprint density at radius 3 is 2.81 bits per heavy atom. The van der Waals surface area contributed by atoms with Crippen molar-refractivity contribution in [3.05, 3.63) is 63.3 Å². The smallest absolute Gasteiger partial charge is 0.255 e. The van der Waals surface area contributed by atoms with Crippen LogP contribution in [0.25, 0.3) is 0 Å². The van der Waals surface area contributed by atoms with E-state index >= 15 is 0 Å². The Morgan fingerprint density at radius 2 is 2.05 bits per heavy atom. The Balaban J connectivity index is 1.92. The third kappa shape index (κ3) is 2.97. The van der Waals surface area contributed by atoms with Crippen LogP contribution in [0, 0.1) is 0 Å². The number of rotatable bonds is 2. The van der Waals surface area contributed by atoms with Crippen molar-refractivity contribution in [1.82, 2.24) is 9.88 Å². The summed E-state index contributed by atoms with van der Waals surface area (Å²) >= 11 is 9.58. The molecule has 1 aliphatic heterocycles. The third-order valence-corrected chi connectivity index (χ3v) is 4.59. The van der Waals surface area contributed by atoms with E-state index in [0.717, 1.165) is 29.4 Å². The first-order valence-corrected chi connectivity index (χ1v) is 8.00. The lowest BCUT2D eigenvalue weighted by Gasteiger charge is -2.25. The average molecular weight is 366 g/mol. The van der Waals surface area contributed by atoms with Crippen molar-refractivity contribution in [2.45, 2.75) is 18.9 Å². The monoisotopic (exact) mass is 364 g/mol. The molecule has 1 saturated heterocycles. The molecule has 108 valence electrons. The van der Waals surface area contributed by atoms with Crippen LogP contribution >= 0.6 is 27.5 Å². The highest BCUT2D eigenvalue weighted by Crippen LogP contribution is 2.34. The van der Waals surface area contributed by atoms with Gasteiger partial charge in [-0.05, 0) is 48.7 Å². The Hall–Kier alpha value is -1.39. The summed E-state index contributed by atoms with van der Waals surface area (Å²) in [5.74, 6) is -0.0133. The summed E-state index contributed by atoms with van der Waals surface area (Å²) in [6.45, 7) is 0.759. The molecule has 0 spiro atoms. The molecular formula is C16H14BrClN2O. The van der Waals surface area contributed by atoms with Gasteiger partial charge in [0.1, 0.15) is 0 Å². The number of nitrogens with zero attached hydrogens (tertiary/aromatic N) is 2. The second-order valence-corrected chi connectivity index (χ2v) is 6.38. The van der Waals surface area contributed by atoms with Gasteiger partial charge in [-0.25, -0.2) is 0 Å². The molecule has 3 nitrogen and oxygen atoms in total.